The van der Waals surface area contributed by atoms with Crippen LogP contribution in [0.25, 0.3) is 10.6 Å². The van der Waals surface area contributed by atoms with E-state index in [-0.39, 0.29) is 12.3 Å². The predicted octanol–water partition coefficient (Wildman–Crippen LogP) is 5.49. The molecular formula is C22H22ClN3OS. The van der Waals surface area contributed by atoms with E-state index in [4.69, 9.17) is 11.6 Å². The summed E-state index contributed by atoms with van der Waals surface area (Å²) in [7, 11) is 0. The monoisotopic (exact) mass is 411 g/mol. The van der Waals surface area contributed by atoms with Crippen molar-refractivity contribution in [3.05, 3.63) is 64.6 Å². The Labute approximate surface area is 174 Å². The molecule has 1 unspecified atom stereocenters. The first-order valence-corrected chi connectivity index (χ1v) is 10.7. The summed E-state index contributed by atoms with van der Waals surface area (Å²) in [5.41, 5.74) is 3.67. The molecule has 2 aromatic carbocycles. The summed E-state index contributed by atoms with van der Waals surface area (Å²) in [6.45, 7) is 4.48. The summed E-state index contributed by atoms with van der Waals surface area (Å²) in [5.74, 6) is 0.673. The molecule has 1 fully saturated rings. The van der Waals surface area contributed by atoms with E-state index in [0.717, 1.165) is 41.0 Å². The number of carbonyl (C=O) groups excluding carboxylic acids is 1. The van der Waals surface area contributed by atoms with E-state index >= 15 is 0 Å². The zero-order valence-electron chi connectivity index (χ0n) is 15.7. The van der Waals surface area contributed by atoms with E-state index in [2.05, 4.69) is 34.3 Å². The summed E-state index contributed by atoms with van der Waals surface area (Å²) in [4.78, 5) is 19.3. The predicted molar refractivity (Wildman–Crippen MR) is 117 cm³/mol. The number of thiazole rings is 1. The van der Waals surface area contributed by atoms with Crippen LogP contribution >= 0.6 is 22.9 Å². The quantitative estimate of drug-likeness (QED) is 0.603. The van der Waals surface area contributed by atoms with Crippen LogP contribution in [-0.4, -0.2) is 24.0 Å². The third-order valence-corrected chi connectivity index (χ3v) is 6.19. The molecule has 1 amide bonds. The zero-order valence-corrected chi connectivity index (χ0v) is 17.3. The highest BCUT2D eigenvalue weighted by Gasteiger charge is 2.18. The molecule has 0 aliphatic carbocycles. The van der Waals surface area contributed by atoms with Crippen LogP contribution in [0.5, 0.6) is 0 Å². The fourth-order valence-electron chi connectivity index (χ4n) is 3.44. The van der Waals surface area contributed by atoms with Crippen molar-refractivity contribution in [2.24, 2.45) is 5.92 Å². The van der Waals surface area contributed by atoms with Crippen molar-refractivity contribution in [1.29, 1.82) is 0 Å². The van der Waals surface area contributed by atoms with Gasteiger partial charge in [0.1, 0.15) is 5.01 Å². The number of amides is 1. The van der Waals surface area contributed by atoms with Gasteiger partial charge in [-0.15, -0.1) is 11.3 Å². The molecule has 4 rings (SSSR count). The van der Waals surface area contributed by atoms with Gasteiger partial charge in [0.05, 0.1) is 17.1 Å². The smallest absolute Gasteiger partial charge is 0.230 e. The lowest BCUT2D eigenvalue weighted by atomic mass is 10.2. The van der Waals surface area contributed by atoms with Gasteiger partial charge in [-0.3, -0.25) is 4.79 Å². The van der Waals surface area contributed by atoms with Gasteiger partial charge in [0.15, 0.2) is 0 Å². The number of hydrogen-bond donors (Lipinski definition) is 1. The average molecular weight is 412 g/mol. The number of rotatable bonds is 5. The van der Waals surface area contributed by atoms with Gasteiger partial charge in [-0.05, 0) is 42.7 Å². The van der Waals surface area contributed by atoms with Crippen LogP contribution in [0.1, 0.15) is 19.0 Å². The van der Waals surface area contributed by atoms with Crippen LogP contribution in [-0.2, 0) is 11.2 Å². The topological polar surface area (TPSA) is 45.2 Å². The third-order valence-electron chi connectivity index (χ3n) is 4.94. The highest BCUT2D eigenvalue weighted by atomic mass is 35.5. The number of halogens is 1. The van der Waals surface area contributed by atoms with Gasteiger partial charge >= 0.3 is 0 Å². The van der Waals surface area contributed by atoms with E-state index < -0.39 is 0 Å². The molecule has 4 nitrogen and oxygen atoms in total. The molecule has 0 spiro atoms. The lowest BCUT2D eigenvalue weighted by Crippen LogP contribution is -2.19. The Morgan fingerprint density at radius 2 is 2.04 bits per heavy atom. The van der Waals surface area contributed by atoms with Crippen LogP contribution in [0, 0.1) is 5.92 Å². The SMILES string of the molecule is CC1CCN(c2ccc(NC(=O)Cc3csc(-c4ccccc4Cl)n3)cc2)C1. The molecule has 28 heavy (non-hydrogen) atoms. The van der Waals surface area contributed by atoms with Crippen molar-refractivity contribution >= 4 is 40.2 Å². The average Bonchev–Trinajstić information content (AvgIpc) is 3.32. The number of nitrogens with one attached hydrogen (secondary N) is 1. The molecule has 1 aliphatic rings. The van der Waals surface area contributed by atoms with Gasteiger partial charge in [-0.2, -0.15) is 0 Å². The minimum Gasteiger partial charge on any atom is -0.371 e. The third kappa shape index (κ3) is 4.37. The summed E-state index contributed by atoms with van der Waals surface area (Å²) >= 11 is 7.73. The molecule has 1 aliphatic heterocycles. The van der Waals surface area contributed by atoms with Crippen molar-refractivity contribution in [2.75, 3.05) is 23.3 Å². The fraction of sp³-hybridized carbons (Fsp3) is 0.273. The first-order chi connectivity index (χ1) is 13.6. The fourth-order valence-corrected chi connectivity index (χ4v) is 4.58. The minimum atomic E-state index is -0.0708. The number of anilines is 2. The summed E-state index contributed by atoms with van der Waals surface area (Å²) in [6.07, 6.45) is 1.48. The Balaban J connectivity index is 1.36. The minimum absolute atomic E-state index is 0.0708. The number of benzene rings is 2. The van der Waals surface area contributed by atoms with Gasteiger partial charge in [0, 0.05) is 35.4 Å². The first kappa shape index (κ1) is 19.0. The Hall–Kier alpha value is -2.37. The number of carbonyl (C=O) groups is 1. The maximum Gasteiger partial charge on any atom is 0.230 e. The van der Waals surface area contributed by atoms with Crippen LogP contribution in [0.2, 0.25) is 5.02 Å². The molecule has 2 heterocycles. The summed E-state index contributed by atoms with van der Waals surface area (Å²) in [6, 6.07) is 15.7. The Morgan fingerprint density at radius 3 is 2.75 bits per heavy atom. The van der Waals surface area contributed by atoms with E-state index in [1.165, 1.54) is 23.4 Å². The summed E-state index contributed by atoms with van der Waals surface area (Å²) in [5, 5.41) is 6.37. The molecule has 1 aromatic heterocycles. The lowest BCUT2D eigenvalue weighted by molar-refractivity contribution is -0.115. The molecule has 0 saturated carbocycles. The van der Waals surface area contributed by atoms with Crippen molar-refractivity contribution in [3.8, 4) is 10.6 Å². The van der Waals surface area contributed by atoms with Crippen molar-refractivity contribution in [3.63, 3.8) is 0 Å². The lowest BCUT2D eigenvalue weighted by Gasteiger charge is -2.18. The molecule has 144 valence electrons. The van der Waals surface area contributed by atoms with Gasteiger partial charge in [0.2, 0.25) is 5.91 Å². The molecule has 6 heteroatoms. The van der Waals surface area contributed by atoms with E-state index in [9.17, 15) is 4.79 Å². The van der Waals surface area contributed by atoms with Crippen molar-refractivity contribution in [2.45, 2.75) is 19.8 Å². The molecule has 3 aromatic rings. The van der Waals surface area contributed by atoms with Gasteiger partial charge in [-0.1, -0.05) is 36.7 Å². The zero-order chi connectivity index (χ0) is 19.5. The normalized spacial score (nSPS) is 16.4. The molecule has 0 radical (unpaired) electrons. The van der Waals surface area contributed by atoms with Crippen LogP contribution in [0.4, 0.5) is 11.4 Å². The van der Waals surface area contributed by atoms with Gasteiger partial charge in [0.25, 0.3) is 0 Å². The van der Waals surface area contributed by atoms with Gasteiger partial charge in [-0.25, -0.2) is 4.98 Å². The molecule has 1 atom stereocenters. The second kappa shape index (κ2) is 8.33. The van der Waals surface area contributed by atoms with Crippen LogP contribution in [0.3, 0.4) is 0 Å². The molecule has 0 bridgehead atoms. The Bertz CT molecular complexity index is 970. The van der Waals surface area contributed by atoms with Crippen molar-refractivity contribution < 1.29 is 4.79 Å². The molecular weight excluding hydrogens is 390 g/mol. The number of aromatic nitrogens is 1. The maximum atomic E-state index is 12.4. The molecule has 1 saturated heterocycles. The van der Waals surface area contributed by atoms with E-state index in [1.807, 2.05) is 41.8 Å². The molecule has 1 N–H and O–H groups in total. The second-order valence-corrected chi connectivity index (χ2v) is 8.50. The number of hydrogen-bond acceptors (Lipinski definition) is 4. The van der Waals surface area contributed by atoms with Crippen LogP contribution in [0.15, 0.2) is 53.9 Å². The Morgan fingerprint density at radius 1 is 1.25 bits per heavy atom. The maximum absolute atomic E-state index is 12.4. The highest BCUT2D eigenvalue weighted by Crippen LogP contribution is 2.30. The summed E-state index contributed by atoms with van der Waals surface area (Å²) < 4.78 is 0. The largest absolute Gasteiger partial charge is 0.371 e. The van der Waals surface area contributed by atoms with Crippen molar-refractivity contribution in [1.82, 2.24) is 4.98 Å². The first-order valence-electron chi connectivity index (χ1n) is 9.42. The van der Waals surface area contributed by atoms with Gasteiger partial charge < -0.3 is 10.2 Å². The van der Waals surface area contributed by atoms with E-state index in [0.29, 0.717) is 5.02 Å². The van der Waals surface area contributed by atoms with Crippen LogP contribution < -0.4 is 10.2 Å². The standard InChI is InChI=1S/C22H22ClN3OS/c1-15-10-11-26(13-15)18-8-6-16(7-9-18)24-21(27)12-17-14-28-22(25-17)19-4-2-3-5-20(19)23/h2-9,14-15H,10-13H2,1H3,(H,24,27). The highest BCUT2D eigenvalue weighted by molar-refractivity contribution is 7.13. The van der Waals surface area contributed by atoms with E-state index in [1.54, 1.807) is 0 Å². The number of nitrogens with zero attached hydrogens (tertiary/aromatic N) is 2. The second-order valence-electron chi connectivity index (χ2n) is 7.24. The Kier molecular flexibility index (Phi) is 5.64.